The quantitative estimate of drug-likeness (QED) is 0.0144. The lowest BCUT2D eigenvalue weighted by Crippen LogP contribution is -2.64. The number of aliphatic hydroxyl groups is 5. The van der Waals surface area contributed by atoms with E-state index in [1.165, 1.54) is 38.5 Å². The molecule has 0 radical (unpaired) electrons. The van der Waals surface area contributed by atoms with Gasteiger partial charge in [-0.3, -0.25) is 18.6 Å². The molecule has 55 heavy (non-hydrogen) atoms. The topological polar surface area (TPSA) is 210 Å². The van der Waals surface area contributed by atoms with Crippen LogP contribution in [0.1, 0.15) is 129 Å². The Morgan fingerprint density at radius 3 is 1.64 bits per heavy atom. The van der Waals surface area contributed by atoms with E-state index in [4.69, 9.17) is 18.5 Å². The van der Waals surface area contributed by atoms with Gasteiger partial charge >= 0.3 is 19.8 Å². The van der Waals surface area contributed by atoms with Crippen LogP contribution >= 0.6 is 7.82 Å². The van der Waals surface area contributed by atoms with Crippen LogP contribution in [0.5, 0.6) is 0 Å². The summed E-state index contributed by atoms with van der Waals surface area (Å²) in [6, 6.07) is 0. The van der Waals surface area contributed by atoms with Crippen LogP contribution in [0.2, 0.25) is 0 Å². The van der Waals surface area contributed by atoms with Crippen LogP contribution in [0.3, 0.4) is 0 Å². The van der Waals surface area contributed by atoms with Gasteiger partial charge in [-0.25, -0.2) is 4.57 Å². The van der Waals surface area contributed by atoms with Crippen molar-refractivity contribution in [1.82, 2.24) is 0 Å². The predicted octanol–water partition coefficient (Wildman–Crippen LogP) is 6.60. The van der Waals surface area contributed by atoms with Crippen molar-refractivity contribution in [2.75, 3.05) is 13.2 Å². The lowest BCUT2D eigenvalue weighted by molar-refractivity contribution is -0.220. The lowest BCUT2D eigenvalue weighted by atomic mass is 9.85. The van der Waals surface area contributed by atoms with Crippen LogP contribution in [0, 0.1) is 0 Å². The first-order chi connectivity index (χ1) is 26.4. The first-order valence-corrected chi connectivity index (χ1v) is 21.6. The van der Waals surface area contributed by atoms with Gasteiger partial charge in [0.1, 0.15) is 43.2 Å². The summed E-state index contributed by atoms with van der Waals surface area (Å²) in [5.41, 5.74) is 0. The molecule has 0 heterocycles. The summed E-state index contributed by atoms with van der Waals surface area (Å²) < 4.78 is 33.3. The van der Waals surface area contributed by atoms with Crippen molar-refractivity contribution in [3.05, 3.63) is 60.8 Å². The Morgan fingerprint density at radius 2 is 1.05 bits per heavy atom. The maximum absolute atomic E-state index is 12.7. The Kier molecular flexibility index (Phi) is 29.1. The number of phosphoric ester groups is 1. The monoisotopic (exact) mass is 800 g/mol. The minimum Gasteiger partial charge on any atom is -0.462 e. The largest absolute Gasteiger partial charge is 0.472 e. The first-order valence-electron chi connectivity index (χ1n) is 20.1. The highest BCUT2D eigenvalue weighted by Gasteiger charge is 2.51. The van der Waals surface area contributed by atoms with Crippen molar-refractivity contribution in [2.24, 2.45) is 0 Å². The Balaban J connectivity index is 2.58. The fourth-order valence-electron chi connectivity index (χ4n) is 5.64. The predicted molar refractivity (Wildman–Crippen MR) is 212 cm³/mol. The standard InChI is InChI=1S/C41H69O13P/c1-3-5-7-9-11-13-15-17-19-21-23-25-27-29-34(42)51-31-33(32-52-55(49,50)54-41-39(47)37(45)36(44)38(46)40(41)48)53-35(43)30-28-26-24-22-20-18-16-14-12-10-8-6-4-2/h6,8,10,12,14,16-20,33,36-41,44-48H,3-5,7,9,11,13,15,21-32H2,1-2H3,(H,49,50)/b8-6+,12-10+,16-14+,19-17+,20-18+/t33?,36?,37-,38?,39?,40?,41?/m1/s1. The van der Waals surface area contributed by atoms with Crippen LogP contribution in [-0.4, -0.2) is 98.3 Å². The molecule has 1 aliphatic rings. The summed E-state index contributed by atoms with van der Waals surface area (Å²) in [4.78, 5) is 35.5. The van der Waals surface area contributed by atoms with E-state index in [2.05, 4.69) is 32.1 Å². The molecule has 0 aliphatic heterocycles. The number of ether oxygens (including phenoxy) is 2. The minimum atomic E-state index is -5.13. The summed E-state index contributed by atoms with van der Waals surface area (Å²) in [5, 5.41) is 50.0. The molecule has 1 rings (SSSR count). The van der Waals surface area contributed by atoms with Crippen molar-refractivity contribution in [1.29, 1.82) is 0 Å². The summed E-state index contributed by atoms with van der Waals surface area (Å²) in [6.45, 7) is 3.06. The van der Waals surface area contributed by atoms with Crippen molar-refractivity contribution in [2.45, 2.75) is 172 Å². The smallest absolute Gasteiger partial charge is 0.462 e. The molecule has 0 saturated heterocycles. The maximum Gasteiger partial charge on any atom is 0.472 e. The third-order valence-electron chi connectivity index (χ3n) is 8.94. The average Bonchev–Trinajstić information content (AvgIpc) is 3.16. The molecule has 0 aromatic rings. The lowest BCUT2D eigenvalue weighted by Gasteiger charge is -2.41. The molecule has 0 bridgehead atoms. The highest BCUT2D eigenvalue weighted by molar-refractivity contribution is 7.47. The number of esters is 2. The molecule has 316 valence electrons. The number of carbonyl (C=O) groups is 2. The Bertz CT molecular complexity index is 1200. The number of carbonyl (C=O) groups excluding carboxylic acids is 2. The van der Waals surface area contributed by atoms with Crippen molar-refractivity contribution in [3.8, 4) is 0 Å². The van der Waals surface area contributed by atoms with Gasteiger partial charge in [-0.05, 0) is 57.8 Å². The van der Waals surface area contributed by atoms with E-state index in [1.54, 1.807) is 0 Å². The highest BCUT2D eigenvalue weighted by Crippen LogP contribution is 2.47. The number of allylic oxidation sites excluding steroid dienone is 10. The molecule has 0 aromatic heterocycles. The Labute approximate surface area is 328 Å². The number of unbranched alkanes of at least 4 members (excludes halogenated alkanes) is 12. The van der Waals surface area contributed by atoms with Gasteiger partial charge in [0, 0.05) is 12.8 Å². The molecule has 0 aromatic carbocycles. The van der Waals surface area contributed by atoms with Gasteiger partial charge in [0.15, 0.2) is 6.10 Å². The molecule has 8 atom stereocenters. The van der Waals surface area contributed by atoms with E-state index in [0.29, 0.717) is 12.8 Å². The van der Waals surface area contributed by atoms with Crippen LogP contribution in [0.15, 0.2) is 60.8 Å². The third kappa shape index (κ3) is 24.7. The second-order valence-corrected chi connectivity index (χ2v) is 15.2. The average molecular weight is 801 g/mol. The van der Waals surface area contributed by atoms with Gasteiger partial charge < -0.3 is 39.9 Å². The molecule has 0 spiro atoms. The second-order valence-electron chi connectivity index (χ2n) is 13.8. The molecule has 6 N–H and O–H groups in total. The zero-order valence-corrected chi connectivity index (χ0v) is 33.8. The highest BCUT2D eigenvalue weighted by atomic mass is 31.2. The zero-order chi connectivity index (χ0) is 40.7. The normalized spacial score (nSPS) is 23.7. The second kappa shape index (κ2) is 31.6. The molecule has 1 fully saturated rings. The molecule has 1 aliphatic carbocycles. The zero-order valence-electron chi connectivity index (χ0n) is 32.9. The molecular formula is C41H69O13P. The van der Waals surface area contributed by atoms with E-state index in [1.807, 2.05) is 42.5 Å². The summed E-state index contributed by atoms with van der Waals surface area (Å²) in [7, 11) is -5.13. The van der Waals surface area contributed by atoms with Gasteiger partial charge in [0.25, 0.3) is 0 Å². The van der Waals surface area contributed by atoms with Gasteiger partial charge in [-0.15, -0.1) is 0 Å². The number of hydrogen-bond donors (Lipinski definition) is 6. The number of hydrogen-bond acceptors (Lipinski definition) is 12. The van der Waals surface area contributed by atoms with E-state index >= 15 is 0 Å². The van der Waals surface area contributed by atoms with Crippen molar-refractivity contribution in [3.63, 3.8) is 0 Å². The first kappa shape index (κ1) is 50.6. The minimum absolute atomic E-state index is 0.0450. The van der Waals surface area contributed by atoms with E-state index in [0.717, 1.165) is 51.4 Å². The van der Waals surface area contributed by atoms with Gasteiger partial charge in [0.05, 0.1) is 6.61 Å². The summed E-state index contributed by atoms with van der Waals surface area (Å²) >= 11 is 0. The molecule has 13 nitrogen and oxygen atoms in total. The van der Waals surface area contributed by atoms with Crippen LogP contribution in [0.25, 0.3) is 0 Å². The van der Waals surface area contributed by atoms with Crippen LogP contribution in [0.4, 0.5) is 0 Å². The number of phosphoric acid groups is 1. The maximum atomic E-state index is 12.7. The van der Waals surface area contributed by atoms with Gasteiger partial charge in [-0.2, -0.15) is 0 Å². The van der Waals surface area contributed by atoms with Gasteiger partial charge in [0.2, 0.25) is 0 Å². The Morgan fingerprint density at radius 1 is 0.582 bits per heavy atom. The summed E-state index contributed by atoms with van der Waals surface area (Å²) in [6.07, 6.45) is 23.0. The van der Waals surface area contributed by atoms with E-state index < -0.39 is 75.7 Å². The van der Waals surface area contributed by atoms with Crippen LogP contribution < -0.4 is 0 Å². The van der Waals surface area contributed by atoms with Crippen molar-refractivity contribution < 1.29 is 63.1 Å². The number of rotatable bonds is 31. The fraction of sp³-hybridized carbons (Fsp3) is 0.707. The molecule has 1 saturated carbocycles. The summed E-state index contributed by atoms with van der Waals surface area (Å²) in [5.74, 6) is -1.17. The van der Waals surface area contributed by atoms with Gasteiger partial charge in [-0.1, -0.05) is 120 Å². The fourth-order valence-corrected chi connectivity index (χ4v) is 6.62. The molecule has 7 unspecified atom stereocenters. The Hall–Kier alpha value is -2.45. The molecular weight excluding hydrogens is 731 g/mol. The van der Waals surface area contributed by atoms with E-state index in [9.17, 15) is 44.6 Å². The van der Waals surface area contributed by atoms with E-state index in [-0.39, 0.29) is 12.8 Å². The number of aliphatic hydroxyl groups excluding tert-OH is 5. The van der Waals surface area contributed by atoms with Crippen molar-refractivity contribution >= 4 is 19.8 Å². The third-order valence-corrected chi connectivity index (χ3v) is 9.92. The molecule has 0 amide bonds. The SMILES string of the molecule is CC/C=C/C=C/C=C/C=C/CCCCCC(=O)OC(COC(=O)CCCCC/C=C/CCCCCCCC)COP(=O)(O)OC1C(O)C(O)C(O)[C@@H](O)C1O. The van der Waals surface area contributed by atoms with Crippen LogP contribution in [-0.2, 0) is 32.7 Å². The molecule has 14 heteroatoms.